The molecule has 0 aromatic heterocycles. The number of carbonyl (C=O) groups is 2. The van der Waals surface area contributed by atoms with Gasteiger partial charge in [-0.3, -0.25) is 10.1 Å². The summed E-state index contributed by atoms with van der Waals surface area (Å²) in [5.74, 6) is 0.918. The van der Waals surface area contributed by atoms with Gasteiger partial charge in [0.05, 0.1) is 6.54 Å². The number of rotatable bonds is 7. The highest BCUT2D eigenvalue weighted by Crippen LogP contribution is 2.29. The number of aryl methyl sites for hydroxylation is 1. The first-order valence-electron chi connectivity index (χ1n) is 9.33. The lowest BCUT2D eigenvalue weighted by molar-refractivity contribution is -0.127. The number of aliphatic imine (C=N–C) groups is 1. The maximum Gasteiger partial charge on any atom is 0.325 e. The Morgan fingerprint density at radius 2 is 2.14 bits per heavy atom. The van der Waals surface area contributed by atoms with Crippen LogP contribution < -0.4 is 10.1 Å². The zero-order valence-corrected chi connectivity index (χ0v) is 17.6. The summed E-state index contributed by atoms with van der Waals surface area (Å²) < 4.78 is 5.74. The van der Waals surface area contributed by atoms with Crippen LogP contribution in [0, 0.1) is 6.92 Å². The van der Waals surface area contributed by atoms with Crippen molar-refractivity contribution in [1.82, 2.24) is 15.1 Å². The third kappa shape index (κ3) is 4.73. The molecule has 2 aliphatic heterocycles. The van der Waals surface area contributed by atoms with Crippen molar-refractivity contribution < 1.29 is 19.4 Å². The van der Waals surface area contributed by atoms with Crippen molar-refractivity contribution >= 4 is 28.9 Å². The standard InChI is InChI=1S/C20H26N4O4S/c1-12(2)11-29-20-21-17-16(18(26)22-19(27)23(17)4)24(20)9-14(25)10-28-15-8-6-5-7-13(15)3/h5-8,14,16-17,25H,1,9-11H2,2-4H3,(H,22,26,27). The minimum absolute atomic E-state index is 0.0769. The molecule has 0 spiro atoms. The summed E-state index contributed by atoms with van der Waals surface area (Å²) in [4.78, 5) is 32.2. The number of β-amino-alcohol motifs (C(OH)–C–C–N with tert-alkyl or cyclic N) is 1. The highest BCUT2D eigenvalue weighted by molar-refractivity contribution is 8.13. The third-order valence-corrected chi connectivity index (χ3v) is 5.94. The molecule has 3 rings (SSSR count). The summed E-state index contributed by atoms with van der Waals surface area (Å²) in [6, 6.07) is 6.42. The highest BCUT2D eigenvalue weighted by atomic mass is 32.2. The molecule has 29 heavy (non-hydrogen) atoms. The lowest BCUT2D eigenvalue weighted by Crippen LogP contribution is -2.64. The summed E-state index contributed by atoms with van der Waals surface area (Å²) in [6.07, 6.45) is -1.46. The molecule has 3 atom stereocenters. The van der Waals surface area contributed by atoms with Crippen LogP contribution in [0.15, 0.2) is 41.4 Å². The van der Waals surface area contributed by atoms with Gasteiger partial charge in [0, 0.05) is 12.8 Å². The van der Waals surface area contributed by atoms with Gasteiger partial charge in [0.1, 0.15) is 18.5 Å². The second-order valence-corrected chi connectivity index (χ2v) is 8.25. The Bertz CT molecular complexity index is 844. The first-order chi connectivity index (χ1) is 13.8. The highest BCUT2D eigenvalue weighted by Gasteiger charge is 2.48. The average molecular weight is 419 g/mol. The first-order valence-corrected chi connectivity index (χ1v) is 10.3. The first kappa shape index (κ1) is 21.2. The van der Waals surface area contributed by atoms with E-state index in [1.54, 1.807) is 11.9 Å². The number of likely N-dealkylation sites (N-methyl/N-ethyl adjacent to an activating group) is 1. The normalized spacial score (nSPS) is 22.1. The minimum atomic E-state index is -0.847. The molecule has 1 fully saturated rings. The molecule has 1 aromatic rings. The molecule has 0 saturated carbocycles. The van der Waals surface area contributed by atoms with Gasteiger partial charge in [-0.25, -0.2) is 9.79 Å². The van der Waals surface area contributed by atoms with Crippen LogP contribution >= 0.6 is 11.8 Å². The quantitative estimate of drug-likeness (QED) is 0.653. The van der Waals surface area contributed by atoms with E-state index in [9.17, 15) is 14.7 Å². The van der Waals surface area contributed by atoms with Crippen molar-refractivity contribution in [3.05, 3.63) is 42.0 Å². The summed E-state index contributed by atoms with van der Waals surface area (Å²) in [5.41, 5.74) is 1.94. The van der Waals surface area contributed by atoms with E-state index >= 15 is 0 Å². The van der Waals surface area contributed by atoms with Crippen molar-refractivity contribution in [3.8, 4) is 5.75 Å². The zero-order valence-electron chi connectivity index (χ0n) is 16.8. The predicted molar refractivity (Wildman–Crippen MR) is 113 cm³/mol. The zero-order chi connectivity index (χ0) is 21.1. The molecule has 0 radical (unpaired) electrons. The van der Waals surface area contributed by atoms with Gasteiger partial charge in [0.25, 0.3) is 5.91 Å². The molecule has 156 valence electrons. The smallest absolute Gasteiger partial charge is 0.325 e. The number of urea groups is 1. The fraction of sp³-hybridized carbons (Fsp3) is 0.450. The number of hydrogen-bond acceptors (Lipinski definition) is 7. The van der Waals surface area contributed by atoms with E-state index in [1.165, 1.54) is 16.7 Å². The third-order valence-electron chi connectivity index (χ3n) is 4.70. The molecule has 9 heteroatoms. The molecule has 1 aromatic carbocycles. The lowest BCUT2D eigenvalue weighted by Gasteiger charge is -2.36. The van der Waals surface area contributed by atoms with Crippen LogP contribution in [0.3, 0.4) is 0 Å². The van der Waals surface area contributed by atoms with Crippen molar-refractivity contribution in [2.45, 2.75) is 32.2 Å². The molecule has 2 aliphatic rings. The van der Waals surface area contributed by atoms with E-state index < -0.39 is 30.2 Å². The Balaban J connectivity index is 1.72. The summed E-state index contributed by atoms with van der Waals surface area (Å²) in [6.45, 7) is 7.98. The molecule has 1 saturated heterocycles. The van der Waals surface area contributed by atoms with Gasteiger partial charge >= 0.3 is 6.03 Å². The molecule has 3 unspecified atom stereocenters. The number of benzene rings is 1. The largest absolute Gasteiger partial charge is 0.491 e. The summed E-state index contributed by atoms with van der Waals surface area (Å²) in [7, 11) is 1.60. The van der Waals surface area contributed by atoms with Crippen LogP contribution in [0.2, 0.25) is 0 Å². The van der Waals surface area contributed by atoms with Crippen molar-refractivity contribution in [2.75, 3.05) is 26.0 Å². The molecule has 2 N–H and O–H groups in total. The molecule has 8 nitrogen and oxygen atoms in total. The molecule has 0 bridgehead atoms. The fourth-order valence-electron chi connectivity index (χ4n) is 3.18. The van der Waals surface area contributed by atoms with Crippen molar-refractivity contribution in [2.24, 2.45) is 4.99 Å². The van der Waals surface area contributed by atoms with Crippen molar-refractivity contribution in [1.29, 1.82) is 0 Å². The van der Waals surface area contributed by atoms with Crippen molar-refractivity contribution in [3.63, 3.8) is 0 Å². The maximum atomic E-state index is 12.5. The van der Waals surface area contributed by atoms with Gasteiger partial charge in [-0.1, -0.05) is 42.1 Å². The maximum absolute atomic E-state index is 12.5. The Hall–Kier alpha value is -2.52. The van der Waals surface area contributed by atoms with Crippen LogP contribution in [0.1, 0.15) is 12.5 Å². The van der Waals surface area contributed by atoms with Crippen LogP contribution in [0.4, 0.5) is 4.79 Å². The van der Waals surface area contributed by atoms with Gasteiger partial charge in [-0.15, -0.1) is 0 Å². The molecule has 3 amide bonds. The van der Waals surface area contributed by atoms with E-state index in [0.29, 0.717) is 16.7 Å². The van der Waals surface area contributed by atoms with Gasteiger partial charge in [0.15, 0.2) is 17.4 Å². The number of nitrogens with one attached hydrogen (secondary N) is 1. The molecular weight excluding hydrogens is 392 g/mol. The number of aliphatic hydroxyl groups excluding tert-OH is 1. The van der Waals surface area contributed by atoms with Crippen LogP contribution in [-0.4, -0.2) is 76.3 Å². The van der Waals surface area contributed by atoms with Gasteiger partial charge in [-0.05, 0) is 25.5 Å². The molecule has 2 heterocycles. The number of fused-ring (bicyclic) bond motifs is 1. The Kier molecular flexibility index (Phi) is 6.49. The number of thioether (sulfide) groups is 1. The topological polar surface area (TPSA) is 94.5 Å². The number of amidine groups is 1. The van der Waals surface area contributed by atoms with E-state index in [0.717, 1.165) is 11.1 Å². The molecular formula is C20H26N4O4S. The second-order valence-electron chi connectivity index (χ2n) is 7.30. The number of amides is 3. The summed E-state index contributed by atoms with van der Waals surface area (Å²) >= 11 is 1.44. The number of ether oxygens (including phenoxy) is 1. The van der Waals surface area contributed by atoms with Gasteiger partial charge in [0.2, 0.25) is 0 Å². The number of hydrogen-bond donors (Lipinski definition) is 2. The summed E-state index contributed by atoms with van der Waals surface area (Å²) in [5, 5.41) is 13.5. The van der Waals surface area contributed by atoms with Crippen LogP contribution in [0.25, 0.3) is 0 Å². The predicted octanol–water partition coefficient (Wildman–Crippen LogP) is 1.59. The van der Waals surface area contributed by atoms with E-state index in [2.05, 4.69) is 16.9 Å². The molecule has 0 aliphatic carbocycles. The lowest BCUT2D eigenvalue weighted by atomic mass is 10.1. The average Bonchev–Trinajstić information content (AvgIpc) is 3.03. The van der Waals surface area contributed by atoms with Crippen LogP contribution in [-0.2, 0) is 4.79 Å². The Morgan fingerprint density at radius 3 is 2.83 bits per heavy atom. The minimum Gasteiger partial charge on any atom is -0.491 e. The number of nitrogens with zero attached hydrogens (tertiary/aromatic N) is 3. The monoisotopic (exact) mass is 418 g/mol. The Morgan fingerprint density at radius 1 is 1.41 bits per heavy atom. The van der Waals surface area contributed by atoms with E-state index in [1.807, 2.05) is 38.1 Å². The number of aliphatic hydroxyl groups is 1. The fourth-order valence-corrected chi connectivity index (χ4v) is 4.10. The van der Waals surface area contributed by atoms with Gasteiger partial charge < -0.3 is 19.6 Å². The van der Waals surface area contributed by atoms with Crippen LogP contribution in [0.5, 0.6) is 5.75 Å². The Labute approximate surface area is 174 Å². The number of carbonyl (C=O) groups excluding carboxylic acids is 2. The van der Waals surface area contributed by atoms with Gasteiger partial charge in [-0.2, -0.15) is 0 Å². The number of imide groups is 1. The number of para-hydroxylation sites is 1. The second kappa shape index (κ2) is 8.87. The van der Waals surface area contributed by atoms with E-state index in [4.69, 9.17) is 4.74 Å². The SMILES string of the molecule is C=C(C)CSC1=NC2C(C(=O)NC(=O)N2C)N1CC(O)COc1ccccc1C. The van der Waals surface area contributed by atoms with E-state index in [-0.39, 0.29) is 13.2 Å².